The molecule has 0 radical (unpaired) electrons. The van der Waals surface area contributed by atoms with Gasteiger partial charge in [-0.3, -0.25) is 13.9 Å². The number of amides is 2. The van der Waals surface area contributed by atoms with Crippen molar-refractivity contribution in [3.63, 3.8) is 0 Å². The largest absolute Gasteiger partial charge is 0.493 e. The van der Waals surface area contributed by atoms with Crippen LogP contribution in [0.3, 0.4) is 0 Å². The van der Waals surface area contributed by atoms with Gasteiger partial charge in [0.15, 0.2) is 11.5 Å². The van der Waals surface area contributed by atoms with Crippen molar-refractivity contribution in [1.82, 2.24) is 10.2 Å². The van der Waals surface area contributed by atoms with Gasteiger partial charge in [-0.25, -0.2) is 8.42 Å². The molecule has 0 saturated heterocycles. The summed E-state index contributed by atoms with van der Waals surface area (Å²) < 4.78 is 39.9. The Morgan fingerprint density at radius 3 is 2.19 bits per heavy atom. The van der Waals surface area contributed by atoms with E-state index in [9.17, 15) is 18.0 Å². The molecule has 2 amide bonds. The minimum Gasteiger partial charge on any atom is -0.493 e. The number of benzene rings is 3. The molecule has 10 heteroatoms. The van der Waals surface area contributed by atoms with Crippen molar-refractivity contribution in [2.75, 3.05) is 25.1 Å². The average molecular weight is 608 g/mol. The summed E-state index contributed by atoms with van der Waals surface area (Å²) in [4.78, 5) is 29.0. The molecule has 0 bridgehead atoms. The van der Waals surface area contributed by atoms with Crippen molar-refractivity contribution in [1.29, 1.82) is 0 Å². The second-order valence-electron chi connectivity index (χ2n) is 10.9. The van der Waals surface area contributed by atoms with E-state index >= 15 is 0 Å². The summed E-state index contributed by atoms with van der Waals surface area (Å²) in [5.41, 5.74) is 2.23. The van der Waals surface area contributed by atoms with Gasteiger partial charge in [0.2, 0.25) is 11.8 Å². The van der Waals surface area contributed by atoms with Gasteiger partial charge < -0.3 is 19.7 Å². The van der Waals surface area contributed by atoms with E-state index in [1.807, 2.05) is 31.2 Å². The predicted octanol–water partition coefficient (Wildman–Crippen LogP) is 5.07. The fourth-order valence-corrected chi connectivity index (χ4v) is 6.70. The van der Waals surface area contributed by atoms with Crippen LogP contribution in [0, 0.1) is 6.92 Å². The van der Waals surface area contributed by atoms with Gasteiger partial charge in [0.1, 0.15) is 12.6 Å². The number of rotatable bonds is 12. The van der Waals surface area contributed by atoms with Crippen LogP contribution in [0.25, 0.3) is 0 Å². The number of nitrogens with one attached hydrogen (secondary N) is 1. The van der Waals surface area contributed by atoms with Crippen molar-refractivity contribution < 1.29 is 27.5 Å². The van der Waals surface area contributed by atoms with Crippen LogP contribution >= 0.6 is 0 Å². The number of hydrogen-bond donors (Lipinski definition) is 1. The zero-order valence-electron chi connectivity index (χ0n) is 25.3. The van der Waals surface area contributed by atoms with E-state index in [-0.39, 0.29) is 29.1 Å². The van der Waals surface area contributed by atoms with E-state index in [2.05, 4.69) is 5.32 Å². The molecule has 0 heterocycles. The lowest BCUT2D eigenvalue weighted by Crippen LogP contribution is -2.53. The number of anilines is 1. The minimum absolute atomic E-state index is 0.0602. The molecule has 230 valence electrons. The van der Waals surface area contributed by atoms with E-state index in [1.54, 1.807) is 37.3 Å². The number of methoxy groups -OCH3 is 2. The molecule has 1 N–H and O–H groups in total. The summed E-state index contributed by atoms with van der Waals surface area (Å²) in [6.07, 6.45) is 5.10. The second-order valence-corrected chi connectivity index (χ2v) is 12.8. The third kappa shape index (κ3) is 7.87. The zero-order chi connectivity index (χ0) is 31.0. The van der Waals surface area contributed by atoms with Crippen molar-refractivity contribution in [3.8, 4) is 11.5 Å². The second kappa shape index (κ2) is 14.4. The van der Waals surface area contributed by atoms with Crippen molar-refractivity contribution in [3.05, 3.63) is 83.9 Å². The topological polar surface area (TPSA) is 105 Å². The molecule has 9 nitrogen and oxygen atoms in total. The van der Waals surface area contributed by atoms with Gasteiger partial charge in [-0.2, -0.15) is 0 Å². The first-order valence-electron chi connectivity index (χ1n) is 14.6. The van der Waals surface area contributed by atoms with Crippen molar-refractivity contribution >= 4 is 27.5 Å². The Morgan fingerprint density at radius 1 is 0.907 bits per heavy atom. The molecule has 0 spiro atoms. The summed E-state index contributed by atoms with van der Waals surface area (Å²) in [6, 6.07) is 19.7. The van der Waals surface area contributed by atoms with Crippen LogP contribution in [0.1, 0.15) is 50.2 Å². The van der Waals surface area contributed by atoms with Crippen LogP contribution in [-0.4, -0.2) is 58.0 Å². The van der Waals surface area contributed by atoms with Crippen molar-refractivity contribution in [2.24, 2.45) is 0 Å². The van der Waals surface area contributed by atoms with Gasteiger partial charge in [0.25, 0.3) is 10.0 Å². The van der Waals surface area contributed by atoms with Crippen LogP contribution in [0.15, 0.2) is 77.7 Å². The lowest BCUT2D eigenvalue weighted by Gasteiger charge is -2.33. The Hall–Kier alpha value is -4.05. The first kappa shape index (κ1) is 31.9. The van der Waals surface area contributed by atoms with E-state index < -0.39 is 28.5 Å². The van der Waals surface area contributed by atoms with E-state index in [1.165, 1.54) is 37.3 Å². The molecule has 1 atom stereocenters. The molecule has 0 aliphatic heterocycles. The minimum atomic E-state index is -4.24. The van der Waals surface area contributed by atoms with Gasteiger partial charge in [0.05, 0.1) is 24.8 Å². The lowest BCUT2D eigenvalue weighted by molar-refractivity contribution is -0.139. The molecule has 3 aromatic rings. The van der Waals surface area contributed by atoms with Crippen LogP contribution < -0.4 is 19.1 Å². The number of sulfonamides is 1. The molecule has 43 heavy (non-hydrogen) atoms. The first-order valence-corrected chi connectivity index (χ1v) is 16.0. The van der Waals surface area contributed by atoms with E-state index in [4.69, 9.17) is 9.47 Å². The number of carbonyl (C=O) groups excluding carboxylic acids is 2. The Kier molecular flexibility index (Phi) is 10.7. The molecule has 1 aliphatic rings. The number of nitrogens with zero attached hydrogens (tertiary/aromatic N) is 2. The summed E-state index contributed by atoms with van der Waals surface area (Å²) in [6.45, 7) is 3.31. The number of ether oxygens (including phenoxy) is 2. The van der Waals surface area contributed by atoms with Gasteiger partial charge in [-0.15, -0.1) is 0 Å². The van der Waals surface area contributed by atoms with Gasteiger partial charge >= 0.3 is 0 Å². The Labute approximate surface area is 254 Å². The van der Waals surface area contributed by atoms with Gasteiger partial charge in [-0.1, -0.05) is 67.3 Å². The third-order valence-electron chi connectivity index (χ3n) is 7.86. The highest BCUT2D eigenvalue weighted by molar-refractivity contribution is 7.92. The van der Waals surface area contributed by atoms with Gasteiger partial charge in [-0.05, 0) is 56.5 Å². The normalized spacial score (nSPS) is 14.4. The first-order chi connectivity index (χ1) is 20.6. The highest BCUT2D eigenvalue weighted by Gasteiger charge is 2.33. The average Bonchev–Trinajstić information content (AvgIpc) is 3.03. The number of para-hydroxylation sites is 1. The maximum absolute atomic E-state index is 14.1. The van der Waals surface area contributed by atoms with Crippen molar-refractivity contribution in [2.45, 2.75) is 69.5 Å². The van der Waals surface area contributed by atoms with Crippen LogP contribution in [0.5, 0.6) is 11.5 Å². The fraction of sp³-hybridized carbons (Fsp3) is 0.394. The summed E-state index contributed by atoms with van der Waals surface area (Å²) in [7, 11) is -1.34. The molecule has 1 saturated carbocycles. The fourth-order valence-electron chi connectivity index (χ4n) is 5.27. The van der Waals surface area contributed by atoms with Crippen LogP contribution in [0.2, 0.25) is 0 Å². The van der Waals surface area contributed by atoms with Crippen LogP contribution in [-0.2, 0) is 26.2 Å². The molecular formula is C33H41N3O6S. The molecule has 1 aliphatic carbocycles. The standard InChI is InChI=1S/C33H41N3O6S/c1-24-15-17-26(18-16-24)22-35(25(2)33(38)34-27-11-7-5-8-12-27)32(37)23-36(28-13-9-6-10-14-28)43(39,40)29-19-20-30(41-3)31(21-29)42-4/h6,9-10,13-21,25,27H,5,7-8,11-12,22-23H2,1-4H3,(H,34,38)/t25-/m1/s1. The number of hydrogen-bond acceptors (Lipinski definition) is 6. The molecule has 1 fully saturated rings. The molecule has 0 aromatic heterocycles. The Balaban J connectivity index is 1.68. The molecule has 0 unspecified atom stereocenters. The maximum Gasteiger partial charge on any atom is 0.264 e. The van der Waals surface area contributed by atoms with Gasteiger partial charge in [0, 0.05) is 18.7 Å². The molecule has 4 rings (SSSR count). The maximum atomic E-state index is 14.1. The summed E-state index contributed by atoms with van der Waals surface area (Å²) in [5.74, 6) is -0.121. The molecule has 3 aromatic carbocycles. The van der Waals surface area contributed by atoms with Crippen LogP contribution in [0.4, 0.5) is 5.69 Å². The van der Waals surface area contributed by atoms with E-state index in [0.717, 1.165) is 47.5 Å². The zero-order valence-corrected chi connectivity index (χ0v) is 26.1. The number of aryl methyl sites for hydroxylation is 1. The monoisotopic (exact) mass is 607 g/mol. The molecular weight excluding hydrogens is 566 g/mol. The van der Waals surface area contributed by atoms with E-state index in [0.29, 0.717) is 11.4 Å². The highest BCUT2D eigenvalue weighted by atomic mass is 32.2. The number of carbonyl (C=O) groups is 2. The highest BCUT2D eigenvalue weighted by Crippen LogP contribution is 2.32. The Bertz CT molecular complexity index is 1490. The summed E-state index contributed by atoms with van der Waals surface area (Å²) >= 11 is 0. The Morgan fingerprint density at radius 2 is 1.56 bits per heavy atom. The smallest absolute Gasteiger partial charge is 0.264 e. The summed E-state index contributed by atoms with van der Waals surface area (Å²) in [5, 5.41) is 3.12. The predicted molar refractivity (Wildman–Crippen MR) is 167 cm³/mol. The SMILES string of the molecule is COc1ccc(S(=O)(=O)N(CC(=O)N(Cc2ccc(C)cc2)[C@H](C)C(=O)NC2CCCCC2)c2ccccc2)cc1OC. The quantitative estimate of drug-likeness (QED) is 0.308. The third-order valence-corrected chi connectivity index (χ3v) is 9.63. The lowest BCUT2D eigenvalue weighted by atomic mass is 9.95.